The smallest absolute Gasteiger partial charge is 0.277 e. The summed E-state index contributed by atoms with van der Waals surface area (Å²) in [5.41, 5.74) is 7.09. The highest BCUT2D eigenvalue weighted by molar-refractivity contribution is 7.19. The van der Waals surface area contributed by atoms with Gasteiger partial charge < -0.3 is 10.6 Å². The van der Waals surface area contributed by atoms with Crippen LogP contribution in [-0.2, 0) is 11.2 Å². The van der Waals surface area contributed by atoms with Gasteiger partial charge in [-0.25, -0.2) is 4.98 Å². The third kappa shape index (κ3) is 3.98. The van der Waals surface area contributed by atoms with Crippen molar-refractivity contribution in [1.29, 1.82) is 0 Å². The molecule has 1 saturated heterocycles. The summed E-state index contributed by atoms with van der Waals surface area (Å²) < 4.78 is 1.36. The molecule has 0 aliphatic carbocycles. The molecule has 1 aliphatic rings. The van der Waals surface area contributed by atoms with E-state index >= 15 is 0 Å². The number of benzene rings is 1. The molecule has 28 heavy (non-hydrogen) atoms. The first-order valence-corrected chi connectivity index (χ1v) is 10.4. The lowest BCUT2D eigenvalue weighted by atomic mass is 10.0. The standard InChI is InChI=1S/C20H23N5O2S/c21-8-7-16(26)12-14-5-4-6-15(11-14)19-23-25-18(27)13-17(22-20(25)28-19)24-9-2-1-3-10-24/h4-6,11,13H,1-3,7-10,12,21H2. The molecule has 7 nitrogen and oxygen atoms in total. The maximum absolute atomic E-state index is 12.6. The molecule has 1 fully saturated rings. The fourth-order valence-corrected chi connectivity index (χ4v) is 4.39. The highest BCUT2D eigenvalue weighted by Crippen LogP contribution is 2.26. The van der Waals surface area contributed by atoms with Gasteiger partial charge in [0.2, 0.25) is 4.96 Å². The van der Waals surface area contributed by atoms with Crippen LogP contribution in [0, 0.1) is 0 Å². The average molecular weight is 398 g/mol. The number of aromatic nitrogens is 3. The lowest BCUT2D eigenvalue weighted by Crippen LogP contribution is -2.31. The maximum atomic E-state index is 12.6. The van der Waals surface area contributed by atoms with Crippen molar-refractivity contribution in [3.8, 4) is 10.6 Å². The van der Waals surface area contributed by atoms with Crippen LogP contribution in [0.4, 0.5) is 5.82 Å². The second-order valence-corrected chi connectivity index (χ2v) is 8.01. The highest BCUT2D eigenvalue weighted by atomic mass is 32.1. The van der Waals surface area contributed by atoms with Crippen molar-refractivity contribution in [3.05, 3.63) is 46.2 Å². The van der Waals surface area contributed by atoms with Crippen molar-refractivity contribution in [3.63, 3.8) is 0 Å². The molecule has 0 bridgehead atoms. The van der Waals surface area contributed by atoms with Gasteiger partial charge in [0, 0.05) is 37.6 Å². The van der Waals surface area contributed by atoms with Crippen LogP contribution in [0.5, 0.6) is 0 Å². The first-order chi connectivity index (χ1) is 13.6. The molecule has 1 aliphatic heterocycles. The van der Waals surface area contributed by atoms with Gasteiger partial charge in [0.05, 0.1) is 0 Å². The van der Waals surface area contributed by atoms with Gasteiger partial charge in [-0.1, -0.05) is 29.5 Å². The molecule has 0 atom stereocenters. The van der Waals surface area contributed by atoms with E-state index in [1.807, 2.05) is 24.3 Å². The van der Waals surface area contributed by atoms with E-state index in [1.54, 1.807) is 6.07 Å². The molecule has 3 aromatic rings. The summed E-state index contributed by atoms with van der Waals surface area (Å²) in [6.07, 6.45) is 4.22. The topological polar surface area (TPSA) is 93.6 Å². The van der Waals surface area contributed by atoms with E-state index < -0.39 is 0 Å². The van der Waals surface area contributed by atoms with Crippen molar-refractivity contribution < 1.29 is 4.79 Å². The zero-order valence-electron chi connectivity index (χ0n) is 15.6. The summed E-state index contributed by atoms with van der Waals surface area (Å²) in [4.78, 5) is 31.9. The summed E-state index contributed by atoms with van der Waals surface area (Å²) in [5.74, 6) is 0.856. The number of anilines is 1. The first-order valence-electron chi connectivity index (χ1n) is 9.61. The van der Waals surface area contributed by atoms with E-state index in [1.165, 1.54) is 22.3 Å². The van der Waals surface area contributed by atoms with E-state index in [-0.39, 0.29) is 11.3 Å². The van der Waals surface area contributed by atoms with Crippen LogP contribution in [0.15, 0.2) is 35.1 Å². The molecular weight excluding hydrogens is 374 g/mol. The minimum absolute atomic E-state index is 0.119. The minimum atomic E-state index is -0.164. The van der Waals surface area contributed by atoms with Crippen LogP contribution >= 0.6 is 11.3 Å². The van der Waals surface area contributed by atoms with Gasteiger partial charge in [-0.05, 0) is 37.4 Å². The molecule has 2 N–H and O–H groups in total. The van der Waals surface area contributed by atoms with E-state index in [2.05, 4.69) is 15.0 Å². The molecule has 3 heterocycles. The molecule has 2 aromatic heterocycles. The Hall–Kier alpha value is -2.58. The van der Waals surface area contributed by atoms with Gasteiger partial charge in [0.25, 0.3) is 5.56 Å². The lowest BCUT2D eigenvalue weighted by molar-refractivity contribution is -0.118. The Labute approximate surface area is 166 Å². The molecule has 0 amide bonds. The number of carbonyl (C=O) groups is 1. The number of hydrogen-bond donors (Lipinski definition) is 1. The zero-order chi connectivity index (χ0) is 19.5. The van der Waals surface area contributed by atoms with Crippen molar-refractivity contribution in [1.82, 2.24) is 14.6 Å². The van der Waals surface area contributed by atoms with Gasteiger partial charge in [-0.3, -0.25) is 9.59 Å². The van der Waals surface area contributed by atoms with Gasteiger partial charge >= 0.3 is 0 Å². The SMILES string of the molecule is NCCC(=O)Cc1cccc(-c2nn3c(=O)cc(N4CCCCC4)nc3s2)c1. The number of piperidine rings is 1. The number of rotatable bonds is 6. The van der Waals surface area contributed by atoms with Crippen LogP contribution in [0.3, 0.4) is 0 Å². The minimum Gasteiger partial charge on any atom is -0.356 e. The van der Waals surface area contributed by atoms with Crippen LogP contribution < -0.4 is 16.2 Å². The normalized spacial score (nSPS) is 14.5. The van der Waals surface area contributed by atoms with E-state index in [9.17, 15) is 9.59 Å². The molecule has 8 heteroatoms. The Bertz CT molecular complexity index is 1050. The number of carbonyl (C=O) groups excluding carboxylic acids is 1. The maximum Gasteiger partial charge on any atom is 0.277 e. The predicted octanol–water partition coefficient (Wildman–Crippen LogP) is 2.27. The second kappa shape index (κ2) is 8.20. The fourth-order valence-electron chi connectivity index (χ4n) is 3.49. The van der Waals surface area contributed by atoms with Crippen molar-refractivity contribution >= 4 is 27.9 Å². The summed E-state index contributed by atoms with van der Waals surface area (Å²) in [7, 11) is 0. The molecule has 146 valence electrons. The Kier molecular flexibility index (Phi) is 5.50. The highest BCUT2D eigenvalue weighted by Gasteiger charge is 2.16. The number of Topliss-reactive ketones (excluding diaryl/α,β-unsaturated/α-hetero) is 1. The van der Waals surface area contributed by atoms with Gasteiger partial charge in [0.15, 0.2) is 0 Å². The Balaban J connectivity index is 1.65. The fraction of sp³-hybridized carbons (Fsp3) is 0.400. The molecule has 1 aromatic carbocycles. The first kappa shape index (κ1) is 18.8. The number of fused-ring (bicyclic) bond motifs is 1. The van der Waals surface area contributed by atoms with Crippen LogP contribution in [0.2, 0.25) is 0 Å². The summed E-state index contributed by atoms with van der Waals surface area (Å²) in [5, 5.41) is 5.18. The monoisotopic (exact) mass is 397 g/mol. The number of ketones is 1. The molecule has 0 radical (unpaired) electrons. The lowest BCUT2D eigenvalue weighted by Gasteiger charge is -2.27. The van der Waals surface area contributed by atoms with Gasteiger partial charge in [-0.2, -0.15) is 9.61 Å². The van der Waals surface area contributed by atoms with Crippen LogP contribution in [-0.4, -0.2) is 40.0 Å². The van der Waals surface area contributed by atoms with Crippen molar-refractivity contribution in [2.45, 2.75) is 32.1 Å². The van der Waals surface area contributed by atoms with Crippen molar-refractivity contribution in [2.24, 2.45) is 5.73 Å². The van der Waals surface area contributed by atoms with Crippen LogP contribution in [0.25, 0.3) is 15.5 Å². The molecule has 0 unspecified atom stereocenters. The molecular formula is C20H23N5O2S. The van der Waals surface area contributed by atoms with E-state index in [4.69, 9.17) is 5.73 Å². The Morgan fingerprint density at radius 1 is 1.18 bits per heavy atom. The number of nitrogens with two attached hydrogens (primary N) is 1. The third-order valence-electron chi connectivity index (χ3n) is 4.91. The predicted molar refractivity (Wildman–Crippen MR) is 111 cm³/mol. The zero-order valence-corrected chi connectivity index (χ0v) is 16.5. The summed E-state index contributed by atoms with van der Waals surface area (Å²) in [6.45, 7) is 2.24. The Morgan fingerprint density at radius 3 is 2.79 bits per heavy atom. The van der Waals surface area contributed by atoms with Crippen LogP contribution in [0.1, 0.15) is 31.2 Å². The molecule has 4 rings (SSSR count). The number of nitrogens with zero attached hydrogens (tertiary/aromatic N) is 4. The average Bonchev–Trinajstić information content (AvgIpc) is 3.14. The molecule has 0 spiro atoms. The summed E-state index contributed by atoms with van der Waals surface area (Å²) >= 11 is 1.39. The Morgan fingerprint density at radius 2 is 2.00 bits per heavy atom. The largest absolute Gasteiger partial charge is 0.356 e. The molecule has 0 saturated carbocycles. The van der Waals surface area contributed by atoms with Crippen molar-refractivity contribution in [2.75, 3.05) is 24.5 Å². The van der Waals surface area contributed by atoms with Gasteiger partial charge in [-0.15, -0.1) is 0 Å². The van der Waals surface area contributed by atoms with E-state index in [0.29, 0.717) is 29.4 Å². The third-order valence-corrected chi connectivity index (χ3v) is 5.87. The van der Waals surface area contributed by atoms with E-state index in [0.717, 1.165) is 42.9 Å². The quantitative estimate of drug-likeness (QED) is 0.686. The van der Waals surface area contributed by atoms with Gasteiger partial charge in [0.1, 0.15) is 16.6 Å². The summed E-state index contributed by atoms with van der Waals surface area (Å²) in [6, 6.07) is 9.28. The second-order valence-electron chi connectivity index (χ2n) is 7.06. The number of hydrogen-bond acceptors (Lipinski definition) is 7.